The fourth-order valence-electron chi connectivity index (χ4n) is 2.27. The Hall–Kier alpha value is -1.99. The van der Waals surface area contributed by atoms with Crippen LogP contribution in [0.4, 0.5) is 14.5 Å². The maximum absolute atomic E-state index is 13.8. The van der Waals surface area contributed by atoms with Gasteiger partial charge in [-0.15, -0.1) is 11.3 Å². The molecule has 1 heterocycles. The van der Waals surface area contributed by atoms with E-state index in [1.54, 1.807) is 19.1 Å². The smallest absolute Gasteiger partial charge is 0.265 e. The van der Waals surface area contributed by atoms with Crippen LogP contribution in [0.5, 0.6) is 5.75 Å². The number of hydrogen-bond acceptors (Lipinski definition) is 3. The molecule has 24 heavy (non-hydrogen) atoms. The zero-order chi connectivity index (χ0) is 17.3. The van der Waals surface area contributed by atoms with Gasteiger partial charge >= 0.3 is 0 Å². The van der Waals surface area contributed by atoms with E-state index in [0.29, 0.717) is 31.8 Å². The number of carbonyl (C=O) groups excluding carboxylic acids is 1. The molecule has 0 saturated carbocycles. The lowest BCUT2D eigenvalue weighted by Crippen LogP contribution is -2.12. The van der Waals surface area contributed by atoms with E-state index < -0.39 is 11.7 Å². The van der Waals surface area contributed by atoms with Crippen molar-refractivity contribution in [3.63, 3.8) is 0 Å². The lowest BCUT2D eigenvalue weighted by Gasteiger charge is -2.13. The van der Waals surface area contributed by atoms with Crippen LogP contribution in [0, 0.1) is 11.6 Å². The number of anilines is 1. The van der Waals surface area contributed by atoms with Crippen LogP contribution in [0.2, 0.25) is 0 Å². The maximum atomic E-state index is 13.8. The number of nitrogens with one attached hydrogen (secondary N) is 1. The summed E-state index contributed by atoms with van der Waals surface area (Å²) in [5.41, 5.74) is 0.214. The largest absolute Gasteiger partial charge is 0.491 e. The highest BCUT2D eigenvalue weighted by Crippen LogP contribution is 2.35. The lowest BCUT2D eigenvalue weighted by atomic mass is 10.2. The molecule has 0 saturated heterocycles. The molecule has 3 nitrogen and oxygen atoms in total. The van der Waals surface area contributed by atoms with Crippen molar-refractivity contribution in [1.82, 2.24) is 0 Å². The summed E-state index contributed by atoms with van der Waals surface area (Å²) < 4.78 is 33.9. The van der Waals surface area contributed by atoms with Crippen LogP contribution >= 0.6 is 27.3 Å². The van der Waals surface area contributed by atoms with Crippen LogP contribution in [-0.4, -0.2) is 12.5 Å². The molecule has 0 aliphatic carbocycles. The monoisotopic (exact) mass is 411 g/mol. The molecule has 124 valence electrons. The number of hydrogen-bond donors (Lipinski definition) is 1. The Balaban J connectivity index is 1.95. The van der Waals surface area contributed by atoms with E-state index in [1.165, 1.54) is 35.6 Å². The van der Waals surface area contributed by atoms with Crippen LogP contribution < -0.4 is 10.1 Å². The van der Waals surface area contributed by atoms with Crippen LogP contribution in [0.15, 0.2) is 40.9 Å². The van der Waals surface area contributed by atoms with Gasteiger partial charge in [0.25, 0.3) is 5.91 Å². The topological polar surface area (TPSA) is 38.3 Å². The van der Waals surface area contributed by atoms with E-state index in [2.05, 4.69) is 21.2 Å². The van der Waals surface area contributed by atoms with Crippen molar-refractivity contribution < 1.29 is 18.3 Å². The van der Waals surface area contributed by atoms with E-state index in [4.69, 9.17) is 4.74 Å². The van der Waals surface area contributed by atoms with Gasteiger partial charge in [0.1, 0.15) is 11.6 Å². The molecule has 0 radical (unpaired) electrons. The quantitative estimate of drug-likeness (QED) is 0.607. The summed E-state index contributed by atoms with van der Waals surface area (Å²) in [5.74, 6) is -0.997. The predicted molar refractivity (Wildman–Crippen MR) is 95.0 cm³/mol. The first-order chi connectivity index (χ1) is 11.5. The molecule has 0 bridgehead atoms. The third kappa shape index (κ3) is 3.27. The summed E-state index contributed by atoms with van der Waals surface area (Å²) in [6.07, 6.45) is 0. The standard InChI is InChI=1S/C17H12BrF2NO2S/c1-2-23-16-11(18)6-9(19)7-13(16)21-17(22)15-8-10-12(20)4-3-5-14(10)24-15/h3-8H,2H2,1H3,(H,21,22). The minimum Gasteiger partial charge on any atom is -0.491 e. The number of benzene rings is 2. The van der Waals surface area contributed by atoms with Gasteiger partial charge in [0.05, 0.1) is 21.6 Å². The number of rotatable bonds is 4. The molecular weight excluding hydrogens is 400 g/mol. The van der Waals surface area contributed by atoms with Crippen molar-refractivity contribution in [1.29, 1.82) is 0 Å². The second-order valence-electron chi connectivity index (χ2n) is 4.91. The highest BCUT2D eigenvalue weighted by molar-refractivity contribution is 9.10. The third-order valence-corrected chi connectivity index (χ3v) is 4.97. The van der Waals surface area contributed by atoms with Gasteiger partial charge in [-0.2, -0.15) is 0 Å². The van der Waals surface area contributed by atoms with Gasteiger partial charge in [0.15, 0.2) is 5.75 Å². The molecule has 1 aromatic heterocycles. The number of thiophene rings is 1. The summed E-state index contributed by atoms with van der Waals surface area (Å²) >= 11 is 4.39. The number of ether oxygens (including phenoxy) is 1. The van der Waals surface area contributed by atoms with Crippen LogP contribution in [0.1, 0.15) is 16.6 Å². The van der Waals surface area contributed by atoms with Gasteiger partial charge in [-0.3, -0.25) is 4.79 Å². The van der Waals surface area contributed by atoms with Crippen molar-refractivity contribution >= 4 is 48.9 Å². The normalized spacial score (nSPS) is 10.8. The van der Waals surface area contributed by atoms with Crippen molar-refractivity contribution in [2.24, 2.45) is 0 Å². The summed E-state index contributed by atoms with van der Waals surface area (Å²) in [6, 6.07) is 8.60. The zero-order valence-electron chi connectivity index (χ0n) is 12.5. The third-order valence-electron chi connectivity index (χ3n) is 3.28. The molecule has 3 aromatic rings. The Bertz CT molecular complexity index is 926. The van der Waals surface area contributed by atoms with E-state index in [-0.39, 0.29) is 11.5 Å². The minimum absolute atomic E-state index is 0.214. The van der Waals surface area contributed by atoms with Gasteiger partial charge in [0.2, 0.25) is 0 Å². The van der Waals surface area contributed by atoms with Crippen molar-refractivity contribution in [3.05, 3.63) is 57.4 Å². The summed E-state index contributed by atoms with van der Waals surface area (Å²) in [4.78, 5) is 12.8. The number of fused-ring (bicyclic) bond motifs is 1. The van der Waals surface area contributed by atoms with Gasteiger partial charge < -0.3 is 10.1 Å². The molecule has 0 fully saturated rings. The van der Waals surface area contributed by atoms with Crippen LogP contribution in [-0.2, 0) is 0 Å². The number of amides is 1. The van der Waals surface area contributed by atoms with E-state index in [0.717, 1.165) is 0 Å². The average Bonchev–Trinajstić information content (AvgIpc) is 2.96. The molecule has 0 unspecified atom stereocenters. The first kappa shape index (κ1) is 16.9. The minimum atomic E-state index is -0.511. The van der Waals surface area contributed by atoms with Crippen molar-refractivity contribution in [2.45, 2.75) is 6.92 Å². The van der Waals surface area contributed by atoms with Crippen LogP contribution in [0.3, 0.4) is 0 Å². The van der Waals surface area contributed by atoms with Gasteiger partial charge in [0, 0.05) is 16.2 Å². The second-order valence-corrected chi connectivity index (χ2v) is 6.85. The van der Waals surface area contributed by atoms with Gasteiger partial charge in [-0.25, -0.2) is 8.78 Å². The Kier molecular flexibility index (Phi) is 4.82. The number of carbonyl (C=O) groups is 1. The summed E-state index contributed by atoms with van der Waals surface area (Å²) in [5, 5.41) is 3.01. The fraction of sp³-hybridized carbons (Fsp3) is 0.118. The molecule has 2 aromatic carbocycles. The summed E-state index contributed by atoms with van der Waals surface area (Å²) in [7, 11) is 0. The molecule has 0 atom stereocenters. The van der Waals surface area contributed by atoms with Crippen molar-refractivity contribution in [2.75, 3.05) is 11.9 Å². The van der Waals surface area contributed by atoms with E-state index >= 15 is 0 Å². The SMILES string of the molecule is CCOc1c(Br)cc(F)cc1NC(=O)c1cc2c(F)cccc2s1. The highest BCUT2D eigenvalue weighted by Gasteiger charge is 2.17. The lowest BCUT2D eigenvalue weighted by molar-refractivity contribution is 0.103. The molecule has 7 heteroatoms. The molecular formula is C17H12BrF2NO2S. The highest BCUT2D eigenvalue weighted by atomic mass is 79.9. The first-order valence-corrected chi connectivity index (χ1v) is 8.71. The Morgan fingerprint density at radius 2 is 2.08 bits per heavy atom. The Morgan fingerprint density at radius 3 is 2.79 bits per heavy atom. The molecule has 1 amide bonds. The first-order valence-electron chi connectivity index (χ1n) is 7.11. The fourth-order valence-corrected chi connectivity index (χ4v) is 3.78. The zero-order valence-corrected chi connectivity index (χ0v) is 14.9. The summed E-state index contributed by atoms with van der Waals surface area (Å²) in [6.45, 7) is 2.15. The molecule has 0 aliphatic heterocycles. The van der Waals surface area contributed by atoms with Crippen molar-refractivity contribution in [3.8, 4) is 5.75 Å². The number of halogens is 3. The Labute approximate surface area is 149 Å². The van der Waals surface area contributed by atoms with E-state index in [1.807, 2.05) is 0 Å². The van der Waals surface area contributed by atoms with Gasteiger partial charge in [-0.05, 0) is 47.1 Å². The van der Waals surface area contributed by atoms with E-state index in [9.17, 15) is 13.6 Å². The molecule has 0 aliphatic rings. The van der Waals surface area contributed by atoms with Crippen LogP contribution in [0.25, 0.3) is 10.1 Å². The Morgan fingerprint density at radius 1 is 1.29 bits per heavy atom. The maximum Gasteiger partial charge on any atom is 0.265 e. The molecule has 1 N–H and O–H groups in total. The molecule has 0 spiro atoms. The van der Waals surface area contributed by atoms with Gasteiger partial charge in [-0.1, -0.05) is 6.07 Å². The average molecular weight is 412 g/mol. The predicted octanol–water partition coefficient (Wildman–Crippen LogP) is 5.59. The molecule has 3 rings (SSSR count). The second kappa shape index (κ2) is 6.86.